The van der Waals surface area contributed by atoms with Gasteiger partial charge in [-0.2, -0.15) is 0 Å². The molecule has 2 saturated heterocycles. The van der Waals surface area contributed by atoms with Crippen molar-refractivity contribution >= 4 is 18.9 Å². The van der Waals surface area contributed by atoms with Crippen molar-refractivity contribution < 1.29 is 8.91 Å². The summed E-state index contributed by atoms with van der Waals surface area (Å²) in [4.78, 5) is 0. The van der Waals surface area contributed by atoms with Crippen LogP contribution >= 0.6 is 18.9 Å². The zero-order chi connectivity index (χ0) is 12.0. The molecule has 2 fully saturated rings. The highest BCUT2D eigenvalue weighted by molar-refractivity contribution is 7.78. The van der Waals surface area contributed by atoms with E-state index in [4.69, 9.17) is 15.8 Å². The molecule has 0 amide bonds. The molecule has 2 nitrogen and oxygen atoms in total. The summed E-state index contributed by atoms with van der Waals surface area (Å²) in [5, 5.41) is 0. The van der Waals surface area contributed by atoms with Crippen molar-refractivity contribution in [3.05, 3.63) is 35.6 Å². The molecule has 0 bridgehead atoms. The van der Waals surface area contributed by atoms with Gasteiger partial charge < -0.3 is 4.52 Å². The average molecular weight is 274 g/mol. The van der Waals surface area contributed by atoms with E-state index in [0.717, 1.165) is 24.9 Å². The zero-order valence-electron chi connectivity index (χ0n) is 9.57. The van der Waals surface area contributed by atoms with E-state index in [1.165, 1.54) is 6.07 Å². The van der Waals surface area contributed by atoms with Crippen molar-refractivity contribution in [2.75, 3.05) is 6.54 Å². The summed E-state index contributed by atoms with van der Waals surface area (Å²) < 4.78 is 21.5. The fourth-order valence-corrected chi connectivity index (χ4v) is 5.28. The molecule has 17 heavy (non-hydrogen) atoms. The van der Waals surface area contributed by atoms with Crippen molar-refractivity contribution in [1.29, 1.82) is 0 Å². The number of hydrogen-bond acceptors (Lipinski definition) is 2. The average Bonchev–Trinajstić information content (AvgIpc) is 2.85. The van der Waals surface area contributed by atoms with Crippen LogP contribution in [0.4, 0.5) is 4.39 Å². The Morgan fingerprint density at radius 3 is 3.18 bits per heavy atom. The fraction of sp³-hybridized carbons (Fsp3) is 0.500. The maximum atomic E-state index is 13.3. The quantitative estimate of drug-likeness (QED) is 0.717. The molecule has 3 rings (SSSR count). The van der Waals surface area contributed by atoms with Gasteiger partial charge in [0.05, 0.1) is 6.04 Å². The van der Waals surface area contributed by atoms with Gasteiger partial charge in [0.2, 0.25) is 7.65 Å². The lowest BCUT2D eigenvalue weighted by Crippen LogP contribution is -2.36. The lowest BCUT2D eigenvalue weighted by molar-refractivity contribution is 0.0893. The Bertz CT molecular complexity index is 446. The van der Waals surface area contributed by atoms with E-state index in [-0.39, 0.29) is 11.9 Å². The Hall–Kier alpha value is -0.210. The van der Waals surface area contributed by atoms with E-state index >= 15 is 0 Å². The van der Waals surface area contributed by atoms with Gasteiger partial charge in [-0.05, 0) is 48.7 Å². The van der Waals surface area contributed by atoms with Crippen molar-refractivity contribution in [2.24, 2.45) is 0 Å². The molecule has 2 aliphatic rings. The van der Waals surface area contributed by atoms with Crippen LogP contribution in [0.5, 0.6) is 0 Å². The molecule has 0 spiro atoms. The third kappa shape index (κ3) is 1.80. The zero-order valence-corrected chi connectivity index (χ0v) is 11.2. The normalized spacial score (nSPS) is 37.4. The van der Waals surface area contributed by atoms with Crippen LogP contribution in [0.1, 0.15) is 25.3 Å². The number of rotatable bonds is 1. The second-order valence-corrected chi connectivity index (χ2v) is 6.77. The Kier molecular flexibility index (Phi) is 2.91. The van der Waals surface area contributed by atoms with E-state index in [1.807, 2.05) is 13.0 Å². The molecular formula is C12H14ClFNOP. The van der Waals surface area contributed by atoms with Crippen LogP contribution in [0, 0.1) is 5.82 Å². The number of nitrogens with zero attached hydrogens (tertiary/aromatic N) is 1. The van der Waals surface area contributed by atoms with Gasteiger partial charge in [-0.3, -0.25) is 0 Å². The molecule has 0 N–H and O–H groups in total. The molecule has 3 atom stereocenters. The van der Waals surface area contributed by atoms with Gasteiger partial charge in [-0.1, -0.05) is 12.1 Å². The molecule has 1 aromatic rings. The van der Waals surface area contributed by atoms with Crippen LogP contribution in [0.2, 0.25) is 0 Å². The summed E-state index contributed by atoms with van der Waals surface area (Å²) in [7, 11) is -1.04. The van der Waals surface area contributed by atoms with Crippen LogP contribution < -0.4 is 0 Å². The fourth-order valence-electron chi connectivity index (χ4n) is 2.81. The molecule has 0 radical (unpaired) electrons. The molecule has 0 saturated carbocycles. The van der Waals surface area contributed by atoms with Crippen LogP contribution in [0.25, 0.3) is 0 Å². The van der Waals surface area contributed by atoms with Gasteiger partial charge in [-0.15, -0.1) is 0 Å². The molecule has 0 aromatic heterocycles. The Labute approximate surface area is 106 Å². The predicted octanol–water partition coefficient (Wildman–Crippen LogP) is 4.00. The monoisotopic (exact) mass is 273 g/mol. The van der Waals surface area contributed by atoms with Crippen LogP contribution in [-0.2, 0) is 10.1 Å². The van der Waals surface area contributed by atoms with E-state index in [2.05, 4.69) is 4.67 Å². The number of halogens is 2. The standard InChI is InChI=1S/C12H14ClFNOP/c1-12(9-4-2-5-10(14)8-9)11-6-3-7-15(11)17(13)16-12/h2,4-5,8,11H,3,6-7H2,1H3/t11-,12+,17?/m0/s1. The van der Waals surface area contributed by atoms with E-state index in [1.54, 1.807) is 12.1 Å². The molecule has 2 heterocycles. The first-order valence-corrected chi connectivity index (χ1v) is 7.90. The lowest BCUT2D eigenvalue weighted by atomic mass is 9.87. The topological polar surface area (TPSA) is 12.5 Å². The Morgan fingerprint density at radius 2 is 2.41 bits per heavy atom. The third-order valence-corrected chi connectivity index (χ3v) is 5.93. The van der Waals surface area contributed by atoms with Gasteiger partial charge in [-0.25, -0.2) is 9.06 Å². The van der Waals surface area contributed by atoms with Gasteiger partial charge in [0.1, 0.15) is 11.4 Å². The maximum absolute atomic E-state index is 13.3. The van der Waals surface area contributed by atoms with Gasteiger partial charge in [0.15, 0.2) is 0 Å². The largest absolute Gasteiger partial charge is 0.319 e. The highest BCUT2D eigenvalue weighted by Crippen LogP contribution is 2.64. The molecule has 1 aromatic carbocycles. The molecular weight excluding hydrogens is 260 g/mol. The molecule has 1 unspecified atom stereocenters. The smallest absolute Gasteiger partial charge is 0.208 e. The van der Waals surface area contributed by atoms with Gasteiger partial charge in [0, 0.05) is 6.54 Å². The molecule has 5 heteroatoms. The Balaban J connectivity index is 2.01. The maximum Gasteiger partial charge on any atom is 0.208 e. The van der Waals surface area contributed by atoms with Crippen LogP contribution in [0.15, 0.2) is 24.3 Å². The summed E-state index contributed by atoms with van der Waals surface area (Å²) in [6.45, 7) is 3.01. The minimum Gasteiger partial charge on any atom is -0.319 e. The number of fused-ring (bicyclic) bond motifs is 1. The first-order valence-electron chi connectivity index (χ1n) is 5.79. The number of benzene rings is 1. The molecule has 92 valence electrons. The summed E-state index contributed by atoms with van der Waals surface area (Å²) in [5.74, 6) is -0.220. The minimum absolute atomic E-state index is 0.220. The summed E-state index contributed by atoms with van der Waals surface area (Å²) in [6.07, 6.45) is 2.21. The second-order valence-electron chi connectivity index (χ2n) is 4.76. The van der Waals surface area contributed by atoms with E-state index in [0.29, 0.717) is 0 Å². The third-order valence-electron chi connectivity index (χ3n) is 3.73. The van der Waals surface area contributed by atoms with Crippen LogP contribution in [-0.4, -0.2) is 17.3 Å². The first-order chi connectivity index (χ1) is 8.11. The van der Waals surface area contributed by atoms with E-state index < -0.39 is 13.3 Å². The highest BCUT2D eigenvalue weighted by atomic mass is 35.7. The minimum atomic E-state index is -1.04. The highest BCUT2D eigenvalue weighted by Gasteiger charge is 2.53. The SMILES string of the molecule is C[C@]1(c2cccc(F)c2)OP(Cl)N2CCC[C@H]21. The molecule has 0 aliphatic carbocycles. The van der Waals surface area contributed by atoms with Gasteiger partial charge in [0.25, 0.3) is 0 Å². The van der Waals surface area contributed by atoms with Crippen molar-refractivity contribution in [3.63, 3.8) is 0 Å². The Morgan fingerprint density at radius 1 is 1.59 bits per heavy atom. The number of hydrogen-bond donors (Lipinski definition) is 0. The van der Waals surface area contributed by atoms with Crippen LogP contribution in [0.3, 0.4) is 0 Å². The van der Waals surface area contributed by atoms with Crippen molar-refractivity contribution in [3.8, 4) is 0 Å². The molecule has 2 aliphatic heterocycles. The van der Waals surface area contributed by atoms with E-state index in [9.17, 15) is 4.39 Å². The van der Waals surface area contributed by atoms with Crippen molar-refractivity contribution in [2.45, 2.75) is 31.4 Å². The van der Waals surface area contributed by atoms with Gasteiger partial charge >= 0.3 is 0 Å². The predicted molar refractivity (Wildman–Crippen MR) is 67.3 cm³/mol. The summed E-state index contributed by atoms with van der Waals surface area (Å²) in [5.41, 5.74) is 0.423. The summed E-state index contributed by atoms with van der Waals surface area (Å²) in [6, 6.07) is 6.95. The first kappa shape index (κ1) is 11.9. The second kappa shape index (κ2) is 4.17. The van der Waals surface area contributed by atoms with Crippen molar-refractivity contribution in [1.82, 2.24) is 4.67 Å². The lowest BCUT2D eigenvalue weighted by Gasteiger charge is -2.29. The summed E-state index contributed by atoms with van der Waals surface area (Å²) >= 11 is 6.26.